The van der Waals surface area contributed by atoms with Gasteiger partial charge in [-0.25, -0.2) is 0 Å². The molecule has 0 aromatic rings. The third-order valence-electron chi connectivity index (χ3n) is 9.59. The number of hydrogen-bond donors (Lipinski definition) is 0. The smallest absolute Gasteiger partial charge is 0.306 e. The number of quaternary nitrogens is 1. The lowest BCUT2D eigenvalue weighted by Crippen LogP contribution is -2.37. The number of hydrogen-bond acceptors (Lipinski definition) is 8. The van der Waals surface area contributed by atoms with E-state index in [0.29, 0.717) is 17.4 Å². The van der Waals surface area contributed by atoms with Crippen molar-refractivity contribution in [3.63, 3.8) is 0 Å². The van der Waals surface area contributed by atoms with Gasteiger partial charge in [-0.15, -0.1) is 6.58 Å². The highest BCUT2D eigenvalue weighted by Gasteiger charge is 2.21. The SMILES string of the molecule is C=CCCCCCCCCCCCCCCCC(=O)OC[C@H](COP(=O)([O-])OCC[N+](C)(C)C)OC(=O)CCCCCCC/C=C/CCCCCCCC. The van der Waals surface area contributed by atoms with Crippen molar-refractivity contribution >= 4 is 19.8 Å². The summed E-state index contributed by atoms with van der Waals surface area (Å²) in [5, 5.41) is 0. The van der Waals surface area contributed by atoms with Crippen molar-refractivity contribution in [2.24, 2.45) is 0 Å². The van der Waals surface area contributed by atoms with Crippen molar-refractivity contribution in [1.29, 1.82) is 0 Å². The maximum absolute atomic E-state index is 12.7. The van der Waals surface area contributed by atoms with Crippen LogP contribution in [0.25, 0.3) is 0 Å². The summed E-state index contributed by atoms with van der Waals surface area (Å²) in [7, 11) is 1.16. The zero-order valence-corrected chi connectivity index (χ0v) is 36.4. The molecular weight excluding hydrogens is 701 g/mol. The van der Waals surface area contributed by atoms with E-state index in [4.69, 9.17) is 18.5 Å². The molecule has 0 amide bonds. The Morgan fingerprint density at radius 1 is 0.611 bits per heavy atom. The molecule has 0 aliphatic carbocycles. The van der Waals surface area contributed by atoms with Crippen molar-refractivity contribution in [3.05, 3.63) is 24.8 Å². The minimum absolute atomic E-state index is 0.0316. The number of rotatable bonds is 41. The Morgan fingerprint density at radius 3 is 1.50 bits per heavy atom. The molecule has 0 N–H and O–H groups in total. The Bertz CT molecular complexity index is 967. The second-order valence-electron chi connectivity index (χ2n) is 16.1. The highest BCUT2D eigenvalue weighted by Crippen LogP contribution is 2.38. The summed E-state index contributed by atoms with van der Waals surface area (Å²) in [5.41, 5.74) is 0. The maximum atomic E-state index is 12.7. The van der Waals surface area contributed by atoms with E-state index < -0.39 is 26.5 Å². The van der Waals surface area contributed by atoms with Gasteiger partial charge in [0.15, 0.2) is 6.10 Å². The van der Waals surface area contributed by atoms with Crippen molar-refractivity contribution in [3.8, 4) is 0 Å². The van der Waals surface area contributed by atoms with Crippen LogP contribution < -0.4 is 4.89 Å². The topological polar surface area (TPSA) is 111 Å². The molecule has 0 rings (SSSR count). The molecule has 0 aromatic heterocycles. The summed E-state index contributed by atoms with van der Waals surface area (Å²) in [6.07, 6.45) is 38.0. The number of carbonyl (C=O) groups is 2. The summed E-state index contributed by atoms with van der Waals surface area (Å²) >= 11 is 0. The minimum atomic E-state index is -4.62. The molecule has 0 saturated heterocycles. The van der Waals surface area contributed by atoms with Crippen LogP contribution >= 0.6 is 7.82 Å². The van der Waals surface area contributed by atoms with E-state index in [0.717, 1.165) is 57.8 Å². The summed E-state index contributed by atoms with van der Waals surface area (Å²) in [6, 6.07) is 0. The first-order chi connectivity index (χ1) is 26.0. The van der Waals surface area contributed by atoms with Crippen LogP contribution in [0.5, 0.6) is 0 Å². The molecule has 10 heteroatoms. The highest BCUT2D eigenvalue weighted by molar-refractivity contribution is 7.45. The zero-order valence-electron chi connectivity index (χ0n) is 35.5. The van der Waals surface area contributed by atoms with Gasteiger partial charge < -0.3 is 27.9 Å². The van der Waals surface area contributed by atoms with Gasteiger partial charge in [-0.3, -0.25) is 14.2 Å². The van der Waals surface area contributed by atoms with Crippen molar-refractivity contribution < 1.29 is 42.1 Å². The Labute approximate surface area is 332 Å². The lowest BCUT2D eigenvalue weighted by molar-refractivity contribution is -0.870. The second-order valence-corrected chi connectivity index (χ2v) is 17.6. The van der Waals surface area contributed by atoms with Gasteiger partial charge in [-0.2, -0.15) is 0 Å². The molecule has 0 aliphatic heterocycles. The number of phosphoric acid groups is 1. The number of likely N-dealkylation sites (N-methyl/N-ethyl adjacent to an activating group) is 1. The lowest BCUT2D eigenvalue weighted by atomic mass is 10.0. The van der Waals surface area contributed by atoms with Crippen molar-refractivity contribution in [2.75, 3.05) is 47.5 Å². The van der Waals surface area contributed by atoms with Gasteiger partial charge in [0.2, 0.25) is 0 Å². The van der Waals surface area contributed by atoms with Crippen LogP contribution in [0.1, 0.15) is 193 Å². The number of carbonyl (C=O) groups excluding carboxylic acids is 2. The molecule has 54 heavy (non-hydrogen) atoms. The second kappa shape index (κ2) is 37.1. The van der Waals surface area contributed by atoms with E-state index in [1.54, 1.807) is 0 Å². The van der Waals surface area contributed by atoms with Gasteiger partial charge in [-0.05, 0) is 51.4 Å². The van der Waals surface area contributed by atoms with Crippen molar-refractivity contribution in [2.45, 2.75) is 199 Å². The van der Waals surface area contributed by atoms with E-state index in [-0.39, 0.29) is 32.0 Å². The Kier molecular flexibility index (Phi) is 36.1. The Morgan fingerprint density at radius 2 is 1.04 bits per heavy atom. The van der Waals surface area contributed by atoms with Crippen LogP contribution in [0.3, 0.4) is 0 Å². The third kappa shape index (κ3) is 40.2. The molecule has 0 fully saturated rings. The largest absolute Gasteiger partial charge is 0.756 e. The average molecular weight is 786 g/mol. The molecule has 9 nitrogen and oxygen atoms in total. The normalized spacial score (nSPS) is 13.6. The van der Waals surface area contributed by atoms with E-state index >= 15 is 0 Å². The number of phosphoric ester groups is 1. The van der Waals surface area contributed by atoms with Crippen LogP contribution in [-0.2, 0) is 32.7 Å². The van der Waals surface area contributed by atoms with E-state index in [2.05, 4.69) is 25.7 Å². The molecule has 0 heterocycles. The van der Waals surface area contributed by atoms with Gasteiger partial charge in [-0.1, -0.05) is 147 Å². The van der Waals surface area contributed by atoms with E-state index in [9.17, 15) is 19.0 Å². The number of esters is 2. The fourth-order valence-electron chi connectivity index (χ4n) is 6.10. The van der Waals surface area contributed by atoms with Gasteiger partial charge in [0, 0.05) is 12.8 Å². The molecule has 2 atom stereocenters. The van der Waals surface area contributed by atoms with Gasteiger partial charge in [0.1, 0.15) is 19.8 Å². The highest BCUT2D eigenvalue weighted by atomic mass is 31.2. The monoisotopic (exact) mass is 786 g/mol. The number of unbranched alkanes of at least 4 members (excludes halogenated alkanes) is 24. The molecule has 1 unspecified atom stereocenters. The molecular formula is C44H84NO8P. The number of allylic oxidation sites excluding steroid dienone is 3. The lowest BCUT2D eigenvalue weighted by Gasteiger charge is -2.28. The zero-order chi connectivity index (χ0) is 40.0. The Hall–Kier alpha value is -1.51. The molecule has 0 bridgehead atoms. The third-order valence-corrected chi connectivity index (χ3v) is 10.6. The summed E-state index contributed by atoms with van der Waals surface area (Å²) in [4.78, 5) is 37.5. The number of nitrogens with zero attached hydrogens (tertiary/aromatic N) is 1. The first-order valence-corrected chi connectivity index (χ1v) is 23.5. The average Bonchev–Trinajstić information content (AvgIpc) is 3.12. The van der Waals surface area contributed by atoms with Gasteiger partial charge >= 0.3 is 11.9 Å². The van der Waals surface area contributed by atoms with E-state index in [1.165, 1.54) is 109 Å². The summed E-state index contributed by atoms with van der Waals surface area (Å²) in [5.74, 6) is -0.842. The predicted octanol–water partition coefficient (Wildman–Crippen LogP) is 11.7. The summed E-state index contributed by atoms with van der Waals surface area (Å²) < 4.78 is 33.9. The first-order valence-electron chi connectivity index (χ1n) is 22.0. The standard InChI is InChI=1S/C44H84NO8P/c1-6-8-10-12-14-16-18-20-22-24-26-28-30-32-34-36-43(46)50-40-42(41-52-54(48,49)51-39-38-45(3,4)5)53-44(47)37-35-33-31-29-27-25-23-21-19-17-15-13-11-9-7-2/h6,21,23,42H,1,7-20,22,24-41H2,2-5H3/b23-21+/t42-/m1/s1. The molecule has 0 saturated carbocycles. The Balaban J connectivity index is 4.34. The van der Waals surface area contributed by atoms with Crippen LogP contribution in [-0.4, -0.2) is 70.0 Å². The van der Waals surface area contributed by atoms with Crippen LogP contribution in [0.2, 0.25) is 0 Å². The fourth-order valence-corrected chi connectivity index (χ4v) is 6.83. The molecule has 0 spiro atoms. The van der Waals surface area contributed by atoms with Gasteiger partial charge in [0.05, 0.1) is 27.7 Å². The quantitative estimate of drug-likeness (QED) is 0.0198. The fraction of sp³-hybridized carbons (Fsp3) is 0.864. The van der Waals surface area contributed by atoms with Crippen LogP contribution in [0.4, 0.5) is 0 Å². The molecule has 0 aliphatic rings. The van der Waals surface area contributed by atoms with E-state index in [1.807, 2.05) is 27.2 Å². The van der Waals surface area contributed by atoms with Crippen molar-refractivity contribution in [1.82, 2.24) is 0 Å². The maximum Gasteiger partial charge on any atom is 0.306 e. The predicted molar refractivity (Wildman–Crippen MR) is 222 cm³/mol. The summed E-state index contributed by atoms with van der Waals surface area (Å²) in [6.45, 7) is 5.74. The van der Waals surface area contributed by atoms with Crippen LogP contribution in [0, 0.1) is 0 Å². The first kappa shape index (κ1) is 52.5. The number of ether oxygens (including phenoxy) is 2. The van der Waals surface area contributed by atoms with Crippen LogP contribution in [0.15, 0.2) is 24.8 Å². The molecule has 318 valence electrons. The molecule has 0 radical (unpaired) electrons. The minimum Gasteiger partial charge on any atom is -0.756 e. The van der Waals surface area contributed by atoms with Gasteiger partial charge in [0.25, 0.3) is 7.82 Å². The molecule has 0 aromatic carbocycles.